The van der Waals surface area contributed by atoms with E-state index in [2.05, 4.69) is 175 Å². The van der Waals surface area contributed by atoms with Crippen molar-refractivity contribution in [3.05, 3.63) is 196 Å². The van der Waals surface area contributed by atoms with E-state index in [1.54, 1.807) is 11.1 Å². The predicted octanol–water partition coefficient (Wildman–Crippen LogP) is 15.1. The third-order valence-corrected chi connectivity index (χ3v) is 20.9. The van der Waals surface area contributed by atoms with Crippen LogP contribution in [-0.2, 0) is 5.41 Å². The molecule has 4 fully saturated rings. The minimum atomic E-state index is -0.492. The van der Waals surface area contributed by atoms with E-state index in [9.17, 15) is 0 Å². The maximum Gasteiger partial charge on any atom is 0.252 e. The molecule has 4 unspecified atom stereocenters. The van der Waals surface area contributed by atoms with Crippen LogP contribution >= 0.6 is 0 Å². The SMILES string of the molecule is Cc1ccc2c(c1)C1(c3cc(C)ccc3-2)c2ccc3c4c2-n2c5c(cc(C6CC7CCCC7C6)cc5c5cc(C6CC7CCCC7C6)cc1c52)B4c1cccc2c(-c4ccccc4)c(-c4ccccc4)n-3c12. The summed E-state index contributed by atoms with van der Waals surface area (Å²) in [5.74, 6) is 4.73. The summed E-state index contributed by atoms with van der Waals surface area (Å²) in [5, 5.41) is 4.35. The number of nitrogens with zero attached hydrogens (tertiary/aromatic N) is 2. The molecule has 10 aromatic rings. The van der Waals surface area contributed by atoms with Crippen molar-refractivity contribution in [2.45, 2.75) is 95.3 Å². The average molecular weight is 925 g/mol. The Morgan fingerprint density at radius 2 is 1.04 bits per heavy atom. The van der Waals surface area contributed by atoms with Crippen LogP contribution in [0.2, 0.25) is 0 Å². The van der Waals surface area contributed by atoms with Gasteiger partial charge in [0.1, 0.15) is 0 Å². The minimum Gasteiger partial charge on any atom is -0.310 e. The summed E-state index contributed by atoms with van der Waals surface area (Å²) in [7, 11) is 0. The molecule has 0 amide bonds. The number of para-hydroxylation sites is 1. The zero-order valence-electron chi connectivity index (χ0n) is 41.4. The third kappa shape index (κ3) is 4.77. The molecule has 72 heavy (non-hydrogen) atoms. The molecule has 8 aliphatic rings. The minimum absolute atomic E-state index is 0.0797. The van der Waals surface area contributed by atoms with Gasteiger partial charge in [0.05, 0.1) is 16.6 Å². The number of benzene rings is 8. The maximum absolute atomic E-state index is 2.88. The van der Waals surface area contributed by atoms with Crippen molar-refractivity contribution in [1.82, 2.24) is 9.13 Å². The predicted molar refractivity (Wildman–Crippen MR) is 299 cm³/mol. The second-order valence-corrected chi connectivity index (χ2v) is 24.3. The van der Waals surface area contributed by atoms with Crippen LogP contribution in [0.5, 0.6) is 0 Å². The van der Waals surface area contributed by atoms with Gasteiger partial charge in [-0.1, -0.05) is 183 Å². The molecule has 0 radical (unpaired) electrons. The van der Waals surface area contributed by atoms with Gasteiger partial charge < -0.3 is 9.13 Å². The van der Waals surface area contributed by atoms with E-state index >= 15 is 0 Å². The molecular weight excluding hydrogens is 868 g/mol. The van der Waals surface area contributed by atoms with Crippen LogP contribution < -0.4 is 16.4 Å². The van der Waals surface area contributed by atoms with Gasteiger partial charge in [-0.05, 0) is 165 Å². The first kappa shape index (κ1) is 39.7. The molecule has 1 spiro atoms. The van der Waals surface area contributed by atoms with Gasteiger partial charge in [0, 0.05) is 44.1 Å². The monoisotopic (exact) mass is 924 g/mol. The molecule has 5 heterocycles. The molecule has 2 nitrogen and oxygen atoms in total. The first-order valence-corrected chi connectivity index (χ1v) is 27.9. The normalized spacial score (nSPS) is 23.8. The summed E-state index contributed by atoms with van der Waals surface area (Å²) in [5.41, 5.74) is 30.8. The molecule has 4 saturated carbocycles. The Morgan fingerprint density at radius 3 is 1.68 bits per heavy atom. The second-order valence-electron chi connectivity index (χ2n) is 24.3. The molecule has 8 aromatic carbocycles. The number of hydrogen-bond acceptors (Lipinski definition) is 0. The van der Waals surface area contributed by atoms with E-state index in [-0.39, 0.29) is 6.71 Å². The van der Waals surface area contributed by atoms with Crippen molar-refractivity contribution in [2.24, 2.45) is 23.7 Å². The fourth-order valence-corrected chi connectivity index (χ4v) is 18.2. The van der Waals surface area contributed by atoms with Crippen LogP contribution in [-0.4, -0.2) is 15.8 Å². The highest BCUT2D eigenvalue weighted by Gasteiger charge is 2.55. The van der Waals surface area contributed by atoms with Crippen molar-refractivity contribution < 1.29 is 0 Å². The van der Waals surface area contributed by atoms with Gasteiger partial charge in [-0.2, -0.15) is 0 Å². The third-order valence-electron chi connectivity index (χ3n) is 20.9. The Morgan fingerprint density at radius 1 is 0.458 bits per heavy atom. The zero-order valence-corrected chi connectivity index (χ0v) is 41.4. The van der Waals surface area contributed by atoms with Gasteiger partial charge in [-0.15, -0.1) is 0 Å². The molecular formula is C69H57BN2. The first-order chi connectivity index (χ1) is 35.5. The molecule has 0 bridgehead atoms. The quantitative estimate of drug-likeness (QED) is 0.156. The average Bonchev–Trinajstić information content (AvgIpc) is 4.31. The van der Waals surface area contributed by atoms with Crippen molar-refractivity contribution in [1.29, 1.82) is 0 Å². The lowest BCUT2D eigenvalue weighted by atomic mass is 9.33. The zero-order chi connectivity index (χ0) is 46.9. The van der Waals surface area contributed by atoms with Crippen LogP contribution in [0.25, 0.3) is 77.6 Å². The molecule has 0 saturated heterocycles. The molecule has 3 heteroatoms. The van der Waals surface area contributed by atoms with Crippen molar-refractivity contribution in [2.75, 3.05) is 0 Å². The number of hydrogen-bond donors (Lipinski definition) is 0. The number of rotatable bonds is 4. The highest BCUT2D eigenvalue weighted by Crippen LogP contribution is 2.63. The highest BCUT2D eigenvalue weighted by atomic mass is 15.1. The highest BCUT2D eigenvalue weighted by molar-refractivity contribution is 7.00. The first-order valence-electron chi connectivity index (χ1n) is 27.9. The Labute approximate surface area is 422 Å². The topological polar surface area (TPSA) is 9.86 Å². The molecule has 4 atom stereocenters. The lowest BCUT2D eigenvalue weighted by Crippen LogP contribution is -2.60. The van der Waals surface area contributed by atoms with E-state index in [0.29, 0.717) is 11.8 Å². The van der Waals surface area contributed by atoms with Crippen LogP contribution in [0.4, 0.5) is 0 Å². The van der Waals surface area contributed by atoms with Crippen LogP contribution in [0.1, 0.15) is 121 Å². The smallest absolute Gasteiger partial charge is 0.252 e. The summed E-state index contributed by atoms with van der Waals surface area (Å²) in [6, 6.07) is 61.1. The van der Waals surface area contributed by atoms with Gasteiger partial charge in [0.15, 0.2) is 0 Å². The van der Waals surface area contributed by atoms with E-state index in [0.717, 1.165) is 23.7 Å². The van der Waals surface area contributed by atoms with E-state index in [1.165, 1.54) is 192 Å². The van der Waals surface area contributed by atoms with Gasteiger partial charge in [-0.3, -0.25) is 0 Å². The van der Waals surface area contributed by atoms with E-state index < -0.39 is 5.41 Å². The van der Waals surface area contributed by atoms with Crippen molar-refractivity contribution in [3.63, 3.8) is 0 Å². The number of aryl methyl sites for hydroxylation is 2. The summed E-state index contributed by atoms with van der Waals surface area (Å²) >= 11 is 0. The summed E-state index contributed by atoms with van der Waals surface area (Å²) < 4.78 is 5.61. The largest absolute Gasteiger partial charge is 0.310 e. The van der Waals surface area contributed by atoms with Gasteiger partial charge >= 0.3 is 0 Å². The molecule has 5 aliphatic carbocycles. The lowest BCUT2D eigenvalue weighted by Gasteiger charge is -2.44. The Bertz CT molecular complexity index is 4000. The number of aromatic nitrogens is 2. The van der Waals surface area contributed by atoms with E-state index in [1.807, 2.05) is 0 Å². The van der Waals surface area contributed by atoms with Crippen molar-refractivity contribution >= 4 is 55.8 Å². The van der Waals surface area contributed by atoms with Gasteiger partial charge in [0.25, 0.3) is 6.71 Å². The fraction of sp³-hybridized carbons (Fsp3) is 0.275. The van der Waals surface area contributed by atoms with Gasteiger partial charge in [0.2, 0.25) is 0 Å². The van der Waals surface area contributed by atoms with Crippen molar-refractivity contribution in [3.8, 4) is 44.9 Å². The summed E-state index contributed by atoms with van der Waals surface area (Å²) in [6.07, 6.45) is 13.9. The Hall–Kier alpha value is -6.84. The second kappa shape index (κ2) is 13.8. The molecule has 346 valence electrons. The Balaban J connectivity index is 1.04. The van der Waals surface area contributed by atoms with Crippen LogP contribution in [0, 0.1) is 37.5 Å². The molecule has 0 N–H and O–H groups in total. The summed E-state index contributed by atoms with van der Waals surface area (Å²) in [4.78, 5) is 0. The van der Waals surface area contributed by atoms with Crippen LogP contribution in [0.15, 0.2) is 152 Å². The molecule has 3 aliphatic heterocycles. The fourth-order valence-electron chi connectivity index (χ4n) is 18.2. The summed E-state index contributed by atoms with van der Waals surface area (Å²) in [6.45, 7) is 4.73. The van der Waals surface area contributed by atoms with E-state index in [4.69, 9.17) is 0 Å². The molecule has 18 rings (SSSR count). The van der Waals surface area contributed by atoms with Gasteiger partial charge in [-0.25, -0.2) is 0 Å². The Kier molecular flexibility index (Phi) is 7.62. The maximum atomic E-state index is 2.88. The lowest BCUT2D eigenvalue weighted by molar-refractivity contribution is 0.457. The molecule has 2 aromatic heterocycles. The standard InChI is InChI=1S/C69H57BN2/c1-38-22-24-50-51-25-23-39(2)29-57(51)69(56(50)28-38)55-26-27-61-63-68(55)72-65-53(34-48(36-58(65)69)46-30-42-16-9-17-43(42)31-46)54-35-49(47-32-44-18-10-19-45(44)33-47)37-60(67(54)72)70(63)59-21-11-20-52-62(40-12-5-3-6-13-40)64(71(61)66(52)59)41-14-7-4-8-15-41/h3-8,11-15,20-29,34-37,42-47H,9-10,16-19,30-33H2,1-2H3. The number of fused-ring (bicyclic) bond motifs is 13. The van der Waals surface area contributed by atoms with Crippen LogP contribution in [0.3, 0.4) is 0 Å².